The first-order chi connectivity index (χ1) is 15.5. The van der Waals surface area contributed by atoms with Crippen molar-refractivity contribution >= 4 is 35.3 Å². The monoisotopic (exact) mass is 463 g/mol. The number of guanidine groups is 1. The normalized spacial score (nSPS) is 12.4. The highest BCUT2D eigenvalue weighted by Crippen LogP contribution is 2.17. The topological polar surface area (TPSA) is 204 Å². The summed E-state index contributed by atoms with van der Waals surface area (Å²) in [7, 11) is 0. The van der Waals surface area contributed by atoms with Crippen LogP contribution < -0.4 is 32.3 Å². The summed E-state index contributed by atoms with van der Waals surface area (Å²) in [6.45, 7) is 2.88. The second kappa shape index (κ2) is 13.7. The van der Waals surface area contributed by atoms with Crippen molar-refractivity contribution in [3.05, 3.63) is 30.3 Å². The minimum atomic E-state index is -1.19. The molecule has 1 aromatic rings. The van der Waals surface area contributed by atoms with E-state index in [1.807, 2.05) is 0 Å². The molecule has 0 aliphatic carbocycles. The molecule has 1 rings (SSSR count). The maximum absolute atomic E-state index is 13.1. The van der Waals surface area contributed by atoms with Gasteiger partial charge in [0.2, 0.25) is 17.7 Å². The Balaban J connectivity index is 2.70. The Kier molecular flexibility index (Phi) is 11.3. The Labute approximate surface area is 192 Å². The molecule has 1 aromatic carbocycles. The van der Waals surface area contributed by atoms with E-state index in [9.17, 15) is 24.3 Å². The summed E-state index contributed by atoms with van der Waals surface area (Å²) in [4.78, 5) is 50.0. The number of hydrogen-bond donors (Lipinski definition) is 7. The molecule has 33 heavy (non-hydrogen) atoms. The van der Waals surface area contributed by atoms with Crippen LogP contribution in [0.15, 0.2) is 30.3 Å². The Hall–Kier alpha value is -3.67. The standard InChI is InChI=1S/C21H33N7O5/c1-13(2)18(20(33)28(12-17(30)31)14-7-4-3-5-8-14)27-16(29)11-26-19(32)15(22)9-6-10-25-21(23)24/h3-5,7-8,13,15,18H,6,9-12,22H2,1-2H3,(H,26,32)(H,27,29)(H,30,31)(H4,23,24,25)/t15-,18-/m0/s1. The first-order valence-electron chi connectivity index (χ1n) is 10.5. The number of para-hydroxylation sites is 1. The van der Waals surface area contributed by atoms with E-state index < -0.39 is 42.3 Å². The molecule has 0 aliphatic heterocycles. The first kappa shape index (κ1) is 27.4. The number of benzene rings is 1. The third kappa shape index (κ3) is 9.99. The molecule has 0 aromatic heterocycles. The smallest absolute Gasteiger partial charge is 0.323 e. The molecule has 9 N–H and O–H groups in total. The van der Waals surface area contributed by atoms with Crippen LogP contribution in [0.25, 0.3) is 0 Å². The maximum Gasteiger partial charge on any atom is 0.323 e. The van der Waals surface area contributed by atoms with Gasteiger partial charge in [-0.1, -0.05) is 32.0 Å². The number of hydrogen-bond acceptors (Lipinski definition) is 6. The molecule has 0 aliphatic rings. The summed E-state index contributed by atoms with van der Waals surface area (Å²) in [6.07, 6.45) is 0.825. The van der Waals surface area contributed by atoms with E-state index in [2.05, 4.69) is 16.0 Å². The summed E-state index contributed by atoms with van der Waals surface area (Å²) < 4.78 is 0. The van der Waals surface area contributed by atoms with Gasteiger partial charge in [0.1, 0.15) is 12.6 Å². The number of nitrogens with two attached hydrogens (primary N) is 2. The zero-order valence-corrected chi connectivity index (χ0v) is 18.8. The van der Waals surface area contributed by atoms with Crippen molar-refractivity contribution in [2.24, 2.45) is 17.4 Å². The molecule has 0 saturated carbocycles. The summed E-state index contributed by atoms with van der Waals surface area (Å²) in [5, 5.41) is 23.9. The predicted molar refractivity (Wildman–Crippen MR) is 123 cm³/mol. The molecule has 0 saturated heterocycles. The average Bonchev–Trinajstić information content (AvgIpc) is 2.76. The van der Waals surface area contributed by atoms with Gasteiger partial charge in [-0.25, -0.2) is 0 Å². The van der Waals surface area contributed by atoms with E-state index in [1.165, 1.54) is 0 Å². The molecule has 0 unspecified atom stereocenters. The summed E-state index contributed by atoms with van der Waals surface area (Å²) >= 11 is 0. The average molecular weight is 464 g/mol. The highest BCUT2D eigenvalue weighted by molar-refractivity contribution is 6.02. The van der Waals surface area contributed by atoms with Crippen molar-refractivity contribution in [1.82, 2.24) is 16.0 Å². The summed E-state index contributed by atoms with van der Waals surface area (Å²) in [5.74, 6) is -3.42. The van der Waals surface area contributed by atoms with E-state index in [4.69, 9.17) is 16.9 Å². The Morgan fingerprint density at radius 2 is 1.76 bits per heavy atom. The zero-order valence-electron chi connectivity index (χ0n) is 18.8. The summed E-state index contributed by atoms with van der Waals surface area (Å²) in [5.41, 5.74) is 11.4. The Morgan fingerprint density at radius 1 is 1.12 bits per heavy atom. The highest BCUT2D eigenvalue weighted by Gasteiger charge is 2.30. The van der Waals surface area contributed by atoms with Crippen LogP contribution in [0.5, 0.6) is 0 Å². The number of aliphatic carboxylic acids is 1. The van der Waals surface area contributed by atoms with Crippen LogP contribution in [0.1, 0.15) is 26.7 Å². The third-order valence-corrected chi connectivity index (χ3v) is 4.64. The van der Waals surface area contributed by atoms with Crippen molar-refractivity contribution in [2.75, 3.05) is 24.5 Å². The van der Waals surface area contributed by atoms with Gasteiger partial charge < -0.3 is 32.5 Å². The predicted octanol–water partition coefficient (Wildman–Crippen LogP) is -1.05. The fraction of sp³-hybridized carbons (Fsp3) is 0.476. The molecule has 0 spiro atoms. The number of carbonyl (C=O) groups is 4. The number of nitrogens with zero attached hydrogens (tertiary/aromatic N) is 1. The van der Waals surface area contributed by atoms with Crippen LogP contribution in [0, 0.1) is 11.3 Å². The van der Waals surface area contributed by atoms with Crippen LogP contribution in [-0.2, 0) is 19.2 Å². The van der Waals surface area contributed by atoms with Crippen LogP contribution in [-0.4, -0.2) is 66.5 Å². The molecule has 0 fully saturated rings. The molecule has 3 amide bonds. The largest absolute Gasteiger partial charge is 0.480 e. The maximum atomic E-state index is 13.1. The van der Waals surface area contributed by atoms with Gasteiger partial charge in [0.25, 0.3) is 0 Å². The summed E-state index contributed by atoms with van der Waals surface area (Å²) in [6, 6.07) is 6.45. The lowest BCUT2D eigenvalue weighted by Crippen LogP contribution is -2.54. The minimum Gasteiger partial charge on any atom is -0.480 e. The van der Waals surface area contributed by atoms with Crippen molar-refractivity contribution in [3.8, 4) is 0 Å². The molecular formula is C21H33N7O5. The van der Waals surface area contributed by atoms with Gasteiger partial charge in [-0.2, -0.15) is 0 Å². The minimum absolute atomic E-state index is 0.173. The van der Waals surface area contributed by atoms with Gasteiger partial charge in [-0.05, 0) is 30.9 Å². The lowest BCUT2D eigenvalue weighted by Gasteiger charge is -2.29. The van der Waals surface area contributed by atoms with E-state index in [0.717, 1.165) is 4.90 Å². The van der Waals surface area contributed by atoms with Gasteiger partial charge >= 0.3 is 5.97 Å². The fourth-order valence-corrected chi connectivity index (χ4v) is 2.92. The van der Waals surface area contributed by atoms with Gasteiger partial charge in [0, 0.05) is 12.2 Å². The zero-order chi connectivity index (χ0) is 25.0. The number of carbonyl (C=O) groups excluding carboxylic acids is 3. The Morgan fingerprint density at radius 3 is 2.30 bits per heavy atom. The molecule has 0 heterocycles. The third-order valence-electron chi connectivity index (χ3n) is 4.64. The lowest BCUT2D eigenvalue weighted by molar-refractivity contribution is -0.137. The van der Waals surface area contributed by atoms with Gasteiger partial charge in [0.15, 0.2) is 5.96 Å². The molecule has 0 bridgehead atoms. The quantitative estimate of drug-likeness (QED) is 0.109. The second-order valence-corrected chi connectivity index (χ2v) is 7.75. The molecule has 0 radical (unpaired) electrons. The van der Waals surface area contributed by atoms with Crippen molar-refractivity contribution in [3.63, 3.8) is 0 Å². The SMILES string of the molecule is CC(C)[C@H](NC(=O)CNC(=O)[C@@H](N)CCCNC(=N)N)C(=O)N(CC(=O)O)c1ccccc1. The van der Waals surface area contributed by atoms with Crippen molar-refractivity contribution in [2.45, 2.75) is 38.8 Å². The van der Waals surface area contributed by atoms with E-state index in [-0.39, 0.29) is 18.4 Å². The highest BCUT2D eigenvalue weighted by atomic mass is 16.4. The number of amides is 3. The molecule has 12 nitrogen and oxygen atoms in total. The number of carboxylic acids is 1. The van der Waals surface area contributed by atoms with E-state index >= 15 is 0 Å². The molecule has 182 valence electrons. The van der Waals surface area contributed by atoms with Crippen molar-refractivity contribution < 1.29 is 24.3 Å². The first-order valence-corrected chi connectivity index (χ1v) is 10.5. The van der Waals surface area contributed by atoms with Crippen LogP contribution in [0.3, 0.4) is 0 Å². The molecule has 2 atom stereocenters. The molecule has 12 heteroatoms. The van der Waals surface area contributed by atoms with Crippen LogP contribution in [0.2, 0.25) is 0 Å². The number of rotatable bonds is 13. The van der Waals surface area contributed by atoms with Gasteiger partial charge in [-0.15, -0.1) is 0 Å². The van der Waals surface area contributed by atoms with E-state index in [1.54, 1.807) is 44.2 Å². The van der Waals surface area contributed by atoms with E-state index in [0.29, 0.717) is 25.1 Å². The lowest BCUT2D eigenvalue weighted by atomic mass is 10.0. The second-order valence-electron chi connectivity index (χ2n) is 7.75. The van der Waals surface area contributed by atoms with Crippen molar-refractivity contribution in [1.29, 1.82) is 5.41 Å². The number of anilines is 1. The van der Waals surface area contributed by atoms with Gasteiger partial charge in [-0.3, -0.25) is 29.5 Å². The van der Waals surface area contributed by atoms with Crippen LogP contribution in [0.4, 0.5) is 5.69 Å². The van der Waals surface area contributed by atoms with Crippen LogP contribution >= 0.6 is 0 Å². The number of carboxylic acid groups (broad SMARTS) is 1. The number of nitrogens with one attached hydrogen (secondary N) is 4. The Bertz CT molecular complexity index is 832. The van der Waals surface area contributed by atoms with Gasteiger partial charge in [0.05, 0.1) is 12.6 Å². The fourth-order valence-electron chi connectivity index (χ4n) is 2.92. The molecular weight excluding hydrogens is 430 g/mol.